The van der Waals surface area contributed by atoms with E-state index in [4.69, 9.17) is 4.74 Å². The van der Waals surface area contributed by atoms with Gasteiger partial charge in [0.2, 0.25) is 5.56 Å². The number of carbonyl (C=O) groups excluding carboxylic acids is 2. The molecule has 32 heavy (non-hydrogen) atoms. The lowest BCUT2D eigenvalue weighted by molar-refractivity contribution is 0.0846. The maximum absolute atomic E-state index is 12.5. The Bertz CT molecular complexity index is 1250. The predicted octanol–water partition coefficient (Wildman–Crippen LogP) is 1.65. The first-order valence-corrected chi connectivity index (χ1v) is 10.9. The minimum absolute atomic E-state index is 0.0627. The van der Waals surface area contributed by atoms with Crippen molar-refractivity contribution in [1.29, 1.82) is 0 Å². The van der Waals surface area contributed by atoms with E-state index in [9.17, 15) is 22.8 Å². The van der Waals surface area contributed by atoms with Crippen molar-refractivity contribution in [2.45, 2.75) is 11.8 Å². The molecule has 0 unspecified atom stereocenters. The van der Waals surface area contributed by atoms with Crippen LogP contribution in [0.5, 0.6) is 5.75 Å². The summed E-state index contributed by atoms with van der Waals surface area (Å²) >= 11 is 0. The van der Waals surface area contributed by atoms with Crippen molar-refractivity contribution in [3.63, 3.8) is 0 Å². The van der Waals surface area contributed by atoms with Crippen molar-refractivity contribution in [2.24, 2.45) is 0 Å². The second kappa shape index (κ2) is 9.79. The molecule has 0 atom stereocenters. The third-order valence-corrected chi connectivity index (χ3v) is 5.58. The summed E-state index contributed by atoms with van der Waals surface area (Å²) in [6.45, 7) is 2.30. The van der Waals surface area contributed by atoms with Crippen molar-refractivity contribution >= 4 is 27.5 Å². The Morgan fingerprint density at radius 3 is 2.03 bits per heavy atom. The number of sulfonamides is 1. The van der Waals surface area contributed by atoms with Gasteiger partial charge in [0.25, 0.3) is 21.8 Å². The lowest BCUT2D eigenvalue weighted by atomic mass is 10.2. The SMILES string of the molecule is CCOc1ccc(S(=O)(=O)Nc2ccc(C(=O)NNC(=O)c3ccc(=O)[nH]c3)cc2)cc1. The zero-order valence-corrected chi connectivity index (χ0v) is 17.7. The van der Waals surface area contributed by atoms with Gasteiger partial charge in [-0.15, -0.1) is 0 Å². The van der Waals surface area contributed by atoms with Gasteiger partial charge in [0.05, 0.1) is 17.1 Å². The third-order valence-electron chi connectivity index (χ3n) is 4.18. The second-order valence-corrected chi connectivity index (χ2v) is 8.12. The van der Waals surface area contributed by atoms with Crippen molar-refractivity contribution in [1.82, 2.24) is 15.8 Å². The lowest BCUT2D eigenvalue weighted by Crippen LogP contribution is -2.41. The number of ether oxygens (including phenoxy) is 1. The highest BCUT2D eigenvalue weighted by atomic mass is 32.2. The Balaban J connectivity index is 1.60. The second-order valence-electron chi connectivity index (χ2n) is 6.44. The lowest BCUT2D eigenvalue weighted by Gasteiger charge is -2.10. The van der Waals surface area contributed by atoms with Gasteiger partial charge in [-0.3, -0.25) is 30.0 Å². The number of benzene rings is 2. The van der Waals surface area contributed by atoms with Gasteiger partial charge in [-0.1, -0.05) is 0 Å². The largest absolute Gasteiger partial charge is 0.494 e. The number of aromatic amines is 1. The number of hydrogen-bond donors (Lipinski definition) is 4. The molecule has 0 bridgehead atoms. The van der Waals surface area contributed by atoms with E-state index in [2.05, 4.69) is 20.6 Å². The number of amides is 2. The van der Waals surface area contributed by atoms with Crippen LogP contribution in [-0.4, -0.2) is 31.8 Å². The standard InChI is InChI=1S/C21H20N4O6S/c1-2-31-17-8-10-18(11-9-17)32(29,30)25-16-6-3-14(4-7-16)20(27)23-24-21(28)15-5-12-19(26)22-13-15/h3-13,25H,2H2,1H3,(H,22,26)(H,23,27)(H,24,28). The van der Waals surface area contributed by atoms with E-state index >= 15 is 0 Å². The fourth-order valence-electron chi connectivity index (χ4n) is 2.60. The smallest absolute Gasteiger partial charge is 0.271 e. The molecular weight excluding hydrogens is 436 g/mol. The van der Waals surface area contributed by atoms with Gasteiger partial charge in [0.1, 0.15) is 5.75 Å². The van der Waals surface area contributed by atoms with Crippen LogP contribution >= 0.6 is 0 Å². The van der Waals surface area contributed by atoms with Crippen LogP contribution in [0.4, 0.5) is 5.69 Å². The fourth-order valence-corrected chi connectivity index (χ4v) is 3.65. The highest BCUT2D eigenvalue weighted by Crippen LogP contribution is 2.19. The molecule has 0 aliphatic rings. The number of hydrogen-bond acceptors (Lipinski definition) is 6. The van der Waals surface area contributed by atoms with Crippen LogP contribution in [-0.2, 0) is 10.0 Å². The highest BCUT2D eigenvalue weighted by Gasteiger charge is 2.15. The van der Waals surface area contributed by atoms with Gasteiger partial charge < -0.3 is 9.72 Å². The molecule has 0 radical (unpaired) electrons. The number of pyridine rings is 1. The molecule has 3 aromatic rings. The highest BCUT2D eigenvalue weighted by molar-refractivity contribution is 7.92. The molecule has 4 N–H and O–H groups in total. The van der Waals surface area contributed by atoms with Crippen molar-refractivity contribution < 1.29 is 22.7 Å². The quantitative estimate of drug-likeness (QED) is 0.398. The molecule has 0 saturated carbocycles. The summed E-state index contributed by atoms with van der Waals surface area (Å²) in [6.07, 6.45) is 1.22. The molecule has 0 spiro atoms. The van der Waals surface area contributed by atoms with Gasteiger partial charge in [-0.05, 0) is 61.5 Å². The summed E-state index contributed by atoms with van der Waals surface area (Å²) in [5, 5.41) is 0. The van der Waals surface area contributed by atoms with Gasteiger partial charge in [0, 0.05) is 23.5 Å². The minimum atomic E-state index is -3.82. The molecule has 10 nitrogen and oxygen atoms in total. The normalized spacial score (nSPS) is 10.8. The first-order valence-electron chi connectivity index (χ1n) is 9.43. The summed E-state index contributed by atoms with van der Waals surface area (Å²) in [4.78, 5) is 37.6. The Morgan fingerprint density at radius 2 is 1.47 bits per heavy atom. The summed E-state index contributed by atoms with van der Waals surface area (Å²) < 4.78 is 32.8. The average Bonchev–Trinajstić information content (AvgIpc) is 2.78. The third kappa shape index (κ3) is 5.73. The Kier molecular flexibility index (Phi) is 6.90. The predicted molar refractivity (Wildman–Crippen MR) is 117 cm³/mol. The van der Waals surface area contributed by atoms with Crippen molar-refractivity contribution in [3.8, 4) is 5.75 Å². The van der Waals surface area contributed by atoms with E-state index < -0.39 is 21.8 Å². The zero-order chi connectivity index (χ0) is 23.1. The van der Waals surface area contributed by atoms with Crippen LogP contribution < -0.4 is 25.9 Å². The van der Waals surface area contributed by atoms with Crippen LogP contribution in [0, 0.1) is 0 Å². The molecule has 166 valence electrons. The number of anilines is 1. The maximum Gasteiger partial charge on any atom is 0.271 e. The van der Waals surface area contributed by atoms with Crippen LogP contribution in [0.2, 0.25) is 0 Å². The van der Waals surface area contributed by atoms with Crippen molar-refractivity contribution in [3.05, 3.63) is 88.3 Å². The van der Waals surface area contributed by atoms with Crippen molar-refractivity contribution in [2.75, 3.05) is 11.3 Å². The molecule has 11 heteroatoms. The van der Waals surface area contributed by atoms with Gasteiger partial charge in [0.15, 0.2) is 0 Å². The first-order chi connectivity index (χ1) is 15.3. The molecule has 2 amide bonds. The molecule has 0 fully saturated rings. The Morgan fingerprint density at radius 1 is 0.875 bits per heavy atom. The summed E-state index contributed by atoms with van der Waals surface area (Å²) in [5.41, 5.74) is 4.71. The molecular formula is C21H20N4O6S. The van der Waals surface area contributed by atoms with E-state index in [0.717, 1.165) is 0 Å². The zero-order valence-electron chi connectivity index (χ0n) is 16.9. The minimum Gasteiger partial charge on any atom is -0.494 e. The van der Waals surface area contributed by atoms with Gasteiger partial charge in [-0.25, -0.2) is 8.42 Å². The van der Waals surface area contributed by atoms with E-state index in [1.54, 1.807) is 12.1 Å². The maximum atomic E-state index is 12.5. The molecule has 0 aliphatic heterocycles. The fraction of sp³-hybridized carbons (Fsp3) is 0.0952. The summed E-state index contributed by atoms with van der Waals surface area (Å²) in [7, 11) is -3.82. The van der Waals surface area contributed by atoms with Crippen LogP contribution in [0.25, 0.3) is 0 Å². The monoisotopic (exact) mass is 456 g/mol. The van der Waals surface area contributed by atoms with Crippen LogP contribution in [0.3, 0.4) is 0 Å². The number of aromatic nitrogens is 1. The van der Waals surface area contributed by atoms with Crippen LogP contribution in [0.1, 0.15) is 27.6 Å². The molecule has 3 rings (SSSR count). The van der Waals surface area contributed by atoms with E-state index in [1.807, 2.05) is 6.92 Å². The number of H-pyrrole nitrogens is 1. The van der Waals surface area contributed by atoms with Crippen LogP contribution in [0.15, 0.2) is 76.6 Å². The number of carbonyl (C=O) groups is 2. The Labute approximate surface area is 183 Å². The van der Waals surface area contributed by atoms with Gasteiger partial charge >= 0.3 is 0 Å². The number of rotatable bonds is 7. The van der Waals surface area contributed by atoms with E-state index in [0.29, 0.717) is 12.4 Å². The van der Waals surface area contributed by atoms with E-state index in [-0.39, 0.29) is 27.3 Å². The molecule has 1 heterocycles. The first kappa shape index (κ1) is 22.6. The van der Waals surface area contributed by atoms with Gasteiger partial charge in [-0.2, -0.15) is 0 Å². The molecule has 0 aliphatic carbocycles. The molecule has 2 aromatic carbocycles. The van der Waals surface area contributed by atoms with E-state index in [1.165, 1.54) is 54.7 Å². The molecule has 0 saturated heterocycles. The number of hydrazine groups is 1. The topological polar surface area (TPSA) is 146 Å². The summed E-state index contributed by atoms with van der Waals surface area (Å²) in [6, 6.07) is 14.1. The average molecular weight is 456 g/mol. The Hall–Kier alpha value is -4.12. The summed E-state index contributed by atoms with van der Waals surface area (Å²) in [5.74, 6) is -0.660. The molecule has 1 aromatic heterocycles. The number of nitrogens with one attached hydrogen (secondary N) is 4.